The Morgan fingerprint density at radius 2 is 1.76 bits per heavy atom. The minimum absolute atomic E-state index is 0.156. The van der Waals surface area contributed by atoms with Crippen LogP contribution in [0, 0.1) is 0 Å². The van der Waals surface area contributed by atoms with Crippen LogP contribution in [0.1, 0.15) is 32.0 Å². The highest BCUT2D eigenvalue weighted by Crippen LogP contribution is 2.27. The molecule has 0 aliphatic heterocycles. The second kappa shape index (κ2) is 6.08. The van der Waals surface area contributed by atoms with Gasteiger partial charge in [0, 0.05) is 12.0 Å². The Morgan fingerprint density at radius 3 is 2.29 bits per heavy atom. The lowest BCUT2D eigenvalue weighted by atomic mass is 9.86. The third kappa shape index (κ3) is 3.30. The summed E-state index contributed by atoms with van der Waals surface area (Å²) in [6, 6.07) is 8.57. The van der Waals surface area contributed by atoms with Gasteiger partial charge in [0.25, 0.3) is 0 Å². The van der Waals surface area contributed by atoms with Gasteiger partial charge in [-0.3, -0.25) is 0 Å². The molecule has 0 spiro atoms. The van der Waals surface area contributed by atoms with Crippen LogP contribution in [0.15, 0.2) is 49.6 Å². The third-order valence-electron chi connectivity index (χ3n) is 3.50. The fourth-order valence-electron chi connectivity index (χ4n) is 2.29. The number of benzene rings is 1. The van der Waals surface area contributed by atoms with Crippen molar-refractivity contribution in [2.45, 2.75) is 39.2 Å². The van der Waals surface area contributed by atoms with Gasteiger partial charge in [-0.2, -0.15) is 0 Å². The summed E-state index contributed by atoms with van der Waals surface area (Å²) < 4.78 is 1.88. The van der Waals surface area contributed by atoms with Gasteiger partial charge >= 0.3 is 0 Å². The average Bonchev–Trinajstić information content (AvgIpc) is 2.82. The third-order valence-corrected chi connectivity index (χ3v) is 3.50. The maximum atomic E-state index is 4.33. The van der Waals surface area contributed by atoms with Gasteiger partial charge < -0.3 is 0 Å². The first-order valence-corrected chi connectivity index (χ1v) is 7.22. The lowest BCUT2D eigenvalue weighted by Gasteiger charge is -2.19. The van der Waals surface area contributed by atoms with Crippen molar-refractivity contribution in [2.75, 3.05) is 0 Å². The van der Waals surface area contributed by atoms with Crippen molar-refractivity contribution >= 4 is 0 Å². The van der Waals surface area contributed by atoms with Crippen LogP contribution in [0.5, 0.6) is 0 Å². The molecule has 2 rings (SSSR count). The van der Waals surface area contributed by atoms with E-state index in [1.54, 1.807) is 0 Å². The highest BCUT2D eigenvalue weighted by atomic mass is 15.4. The molecule has 0 fully saturated rings. The molecule has 1 aromatic heterocycles. The molecule has 0 radical (unpaired) electrons. The smallest absolute Gasteiger partial charge is 0.116 e. The van der Waals surface area contributed by atoms with Gasteiger partial charge in [0.2, 0.25) is 0 Å². The van der Waals surface area contributed by atoms with Crippen LogP contribution in [-0.2, 0) is 18.4 Å². The van der Waals surface area contributed by atoms with E-state index in [9.17, 15) is 0 Å². The van der Waals surface area contributed by atoms with Gasteiger partial charge in [0.1, 0.15) is 5.69 Å². The second-order valence-electron chi connectivity index (χ2n) is 6.18. The van der Waals surface area contributed by atoms with E-state index >= 15 is 0 Å². The first-order valence-electron chi connectivity index (χ1n) is 7.22. The van der Waals surface area contributed by atoms with E-state index in [0.717, 1.165) is 23.4 Å². The summed E-state index contributed by atoms with van der Waals surface area (Å²) in [7, 11) is 0. The SMILES string of the molecule is C=CCc1c(-c2ccc(C(C)(C)C)cc2)nnn1CC=C. The van der Waals surface area contributed by atoms with E-state index in [0.29, 0.717) is 6.54 Å². The number of rotatable bonds is 5. The minimum Gasteiger partial charge on any atom is -0.245 e. The zero-order valence-electron chi connectivity index (χ0n) is 13.1. The molecule has 0 saturated carbocycles. The number of hydrogen-bond acceptors (Lipinski definition) is 2. The van der Waals surface area contributed by atoms with Gasteiger partial charge in [-0.1, -0.05) is 62.4 Å². The van der Waals surface area contributed by atoms with E-state index in [1.165, 1.54) is 5.56 Å². The molecule has 0 aliphatic carbocycles. The van der Waals surface area contributed by atoms with Gasteiger partial charge in [-0.25, -0.2) is 4.68 Å². The van der Waals surface area contributed by atoms with Crippen LogP contribution in [0.25, 0.3) is 11.3 Å². The largest absolute Gasteiger partial charge is 0.245 e. The molecule has 0 bridgehead atoms. The Bertz CT molecular complexity index is 627. The standard InChI is InChI=1S/C18H23N3/c1-6-8-16-17(19-20-21(16)13-7-2)14-9-11-15(12-10-14)18(3,4)5/h6-7,9-12H,1-2,8,13H2,3-5H3. The lowest BCUT2D eigenvalue weighted by Crippen LogP contribution is -2.10. The molecular formula is C18H23N3. The summed E-state index contributed by atoms with van der Waals surface area (Å²) in [5.41, 5.74) is 4.57. The maximum absolute atomic E-state index is 4.33. The quantitative estimate of drug-likeness (QED) is 0.771. The van der Waals surface area contributed by atoms with Crippen molar-refractivity contribution in [3.8, 4) is 11.3 Å². The van der Waals surface area contributed by atoms with Gasteiger partial charge in [0.15, 0.2) is 0 Å². The van der Waals surface area contributed by atoms with Crippen molar-refractivity contribution in [1.29, 1.82) is 0 Å². The Kier molecular flexibility index (Phi) is 4.41. The monoisotopic (exact) mass is 281 g/mol. The van der Waals surface area contributed by atoms with E-state index < -0.39 is 0 Å². The molecule has 2 aromatic rings. The summed E-state index contributed by atoms with van der Waals surface area (Å²) in [4.78, 5) is 0. The van der Waals surface area contributed by atoms with E-state index in [1.807, 2.05) is 16.8 Å². The van der Waals surface area contributed by atoms with Crippen LogP contribution in [0.2, 0.25) is 0 Å². The maximum Gasteiger partial charge on any atom is 0.116 e. The average molecular weight is 281 g/mol. The Morgan fingerprint density at radius 1 is 1.10 bits per heavy atom. The molecule has 0 aliphatic rings. The number of nitrogens with zero attached hydrogens (tertiary/aromatic N) is 3. The van der Waals surface area contributed by atoms with Crippen molar-refractivity contribution in [1.82, 2.24) is 15.0 Å². The number of hydrogen-bond donors (Lipinski definition) is 0. The van der Waals surface area contributed by atoms with Crippen LogP contribution in [0.3, 0.4) is 0 Å². The lowest BCUT2D eigenvalue weighted by molar-refractivity contribution is 0.590. The molecule has 0 unspecified atom stereocenters. The zero-order chi connectivity index (χ0) is 15.5. The summed E-state index contributed by atoms with van der Waals surface area (Å²) in [5, 5.41) is 8.55. The van der Waals surface area contributed by atoms with Crippen LogP contribution < -0.4 is 0 Å². The first kappa shape index (κ1) is 15.2. The van der Waals surface area contributed by atoms with Crippen LogP contribution in [-0.4, -0.2) is 15.0 Å². The molecule has 0 amide bonds. The zero-order valence-corrected chi connectivity index (χ0v) is 13.1. The molecule has 3 heteroatoms. The Balaban J connectivity index is 2.41. The van der Waals surface area contributed by atoms with Crippen molar-refractivity contribution in [3.05, 3.63) is 60.8 Å². The number of aromatic nitrogens is 3. The first-order chi connectivity index (χ1) is 9.97. The second-order valence-corrected chi connectivity index (χ2v) is 6.18. The molecule has 1 heterocycles. The summed E-state index contributed by atoms with van der Waals surface area (Å²) in [6.45, 7) is 14.9. The fourth-order valence-corrected chi connectivity index (χ4v) is 2.29. The summed E-state index contributed by atoms with van der Waals surface area (Å²) in [5.74, 6) is 0. The van der Waals surface area contributed by atoms with Crippen molar-refractivity contribution in [2.24, 2.45) is 0 Å². The van der Waals surface area contributed by atoms with E-state index in [4.69, 9.17) is 0 Å². The van der Waals surface area contributed by atoms with Gasteiger partial charge in [-0.05, 0) is 11.0 Å². The normalized spacial score (nSPS) is 11.4. The molecule has 21 heavy (non-hydrogen) atoms. The molecule has 110 valence electrons. The van der Waals surface area contributed by atoms with E-state index in [-0.39, 0.29) is 5.41 Å². The fraction of sp³-hybridized carbons (Fsp3) is 0.333. The van der Waals surface area contributed by atoms with Crippen LogP contribution in [0.4, 0.5) is 0 Å². The highest BCUT2D eigenvalue weighted by Gasteiger charge is 2.16. The van der Waals surface area contributed by atoms with Crippen molar-refractivity contribution in [3.63, 3.8) is 0 Å². The number of allylic oxidation sites excluding steroid dienone is 2. The van der Waals surface area contributed by atoms with Crippen LogP contribution >= 0.6 is 0 Å². The Hall–Kier alpha value is -2.16. The molecule has 0 atom stereocenters. The minimum atomic E-state index is 0.156. The summed E-state index contributed by atoms with van der Waals surface area (Å²) >= 11 is 0. The van der Waals surface area contributed by atoms with Crippen molar-refractivity contribution < 1.29 is 0 Å². The predicted octanol–water partition coefficient (Wildman–Crippen LogP) is 4.16. The topological polar surface area (TPSA) is 30.7 Å². The molecule has 0 saturated heterocycles. The van der Waals surface area contributed by atoms with Gasteiger partial charge in [0.05, 0.1) is 12.2 Å². The molecular weight excluding hydrogens is 258 g/mol. The predicted molar refractivity (Wildman–Crippen MR) is 88.3 cm³/mol. The molecule has 0 N–H and O–H groups in total. The summed E-state index contributed by atoms with van der Waals surface area (Å²) in [6.07, 6.45) is 4.45. The highest BCUT2D eigenvalue weighted by molar-refractivity contribution is 5.62. The molecule has 3 nitrogen and oxygen atoms in total. The van der Waals surface area contributed by atoms with Gasteiger partial charge in [-0.15, -0.1) is 18.3 Å². The molecule has 1 aromatic carbocycles. The van der Waals surface area contributed by atoms with E-state index in [2.05, 4.69) is 68.5 Å². The Labute approximate surface area is 127 Å².